The Hall–Kier alpha value is -8.20. The first-order valence-electron chi connectivity index (χ1n) is 21.3. The van der Waals surface area contributed by atoms with Crippen LogP contribution in [0.3, 0.4) is 0 Å². The van der Waals surface area contributed by atoms with Crippen LogP contribution in [0.1, 0.15) is 0 Å². The molecule has 0 spiro atoms. The summed E-state index contributed by atoms with van der Waals surface area (Å²) < 4.78 is 4.90. The summed E-state index contributed by atoms with van der Waals surface area (Å²) >= 11 is 0. The highest BCUT2D eigenvalue weighted by molar-refractivity contribution is 6.29. The Morgan fingerprint density at radius 3 is 1.03 bits per heavy atom. The van der Waals surface area contributed by atoms with E-state index in [0.717, 1.165) is 16.9 Å². The molecule has 290 valence electrons. The van der Waals surface area contributed by atoms with Gasteiger partial charge in [-0.05, 0) is 122 Å². The zero-order valence-electron chi connectivity index (χ0n) is 34.0. The van der Waals surface area contributed by atoms with Crippen LogP contribution in [0.4, 0.5) is 0 Å². The average molecular weight is 789 g/mol. The SMILES string of the molecule is c1ccc(-c2ccc(-c3cccc(-c4cc(-c5cccc(-c6ccccc6)c5)cc(-n5c6ccccc6c6c7c8ccccc8n(-c8ccccc8)c7ccc65)c4)c3)cc2)cc1. The summed E-state index contributed by atoms with van der Waals surface area (Å²) in [6, 6.07) is 88.4. The molecule has 0 N–H and O–H groups in total. The van der Waals surface area contributed by atoms with Gasteiger partial charge in [0.05, 0.1) is 22.1 Å². The van der Waals surface area contributed by atoms with E-state index < -0.39 is 0 Å². The number of rotatable bonds is 7. The molecule has 10 aromatic carbocycles. The van der Waals surface area contributed by atoms with Crippen molar-refractivity contribution < 1.29 is 0 Å². The van der Waals surface area contributed by atoms with Crippen molar-refractivity contribution in [2.75, 3.05) is 0 Å². The Bertz CT molecular complexity index is 3600. The van der Waals surface area contributed by atoms with Crippen LogP contribution in [0.5, 0.6) is 0 Å². The number of hydrogen-bond donors (Lipinski definition) is 0. The highest BCUT2D eigenvalue weighted by Crippen LogP contribution is 2.43. The number of benzene rings is 10. The highest BCUT2D eigenvalue weighted by atomic mass is 15.0. The fourth-order valence-electron chi connectivity index (χ4n) is 9.60. The van der Waals surface area contributed by atoms with Crippen molar-refractivity contribution in [2.24, 2.45) is 0 Å². The van der Waals surface area contributed by atoms with Crippen LogP contribution >= 0.6 is 0 Å². The summed E-state index contributed by atoms with van der Waals surface area (Å²) in [5.74, 6) is 0. The second-order valence-corrected chi connectivity index (χ2v) is 16.1. The quantitative estimate of drug-likeness (QED) is 0.152. The molecule has 2 heterocycles. The summed E-state index contributed by atoms with van der Waals surface area (Å²) in [5.41, 5.74) is 19.0. The lowest BCUT2D eigenvalue weighted by Crippen LogP contribution is -1.96. The number of para-hydroxylation sites is 3. The van der Waals surface area contributed by atoms with Crippen LogP contribution in [0.15, 0.2) is 243 Å². The van der Waals surface area contributed by atoms with E-state index in [0.29, 0.717) is 0 Å². The summed E-state index contributed by atoms with van der Waals surface area (Å²) in [6.07, 6.45) is 0. The zero-order valence-corrected chi connectivity index (χ0v) is 34.0. The third kappa shape index (κ3) is 6.04. The maximum Gasteiger partial charge on any atom is 0.0548 e. The van der Waals surface area contributed by atoms with Crippen LogP contribution in [0, 0.1) is 0 Å². The van der Waals surface area contributed by atoms with E-state index in [2.05, 4.69) is 252 Å². The van der Waals surface area contributed by atoms with Crippen LogP contribution in [-0.4, -0.2) is 9.13 Å². The van der Waals surface area contributed by atoms with Gasteiger partial charge in [0.2, 0.25) is 0 Å². The van der Waals surface area contributed by atoms with Gasteiger partial charge < -0.3 is 9.13 Å². The van der Waals surface area contributed by atoms with Gasteiger partial charge in [-0.1, -0.05) is 176 Å². The summed E-state index contributed by atoms with van der Waals surface area (Å²) in [5, 5.41) is 5.03. The molecule has 2 heteroatoms. The van der Waals surface area contributed by atoms with Gasteiger partial charge in [0.1, 0.15) is 0 Å². The topological polar surface area (TPSA) is 9.86 Å². The van der Waals surface area contributed by atoms with E-state index in [4.69, 9.17) is 0 Å². The smallest absolute Gasteiger partial charge is 0.0548 e. The molecular formula is C60H40N2. The zero-order chi connectivity index (χ0) is 41.0. The van der Waals surface area contributed by atoms with Crippen LogP contribution in [-0.2, 0) is 0 Å². The molecule has 0 bridgehead atoms. The van der Waals surface area contributed by atoms with Gasteiger partial charge in [-0.2, -0.15) is 0 Å². The Balaban J connectivity index is 1.08. The minimum atomic E-state index is 1.12. The maximum atomic E-state index is 2.49. The molecule has 12 aromatic rings. The van der Waals surface area contributed by atoms with E-state index in [1.54, 1.807) is 0 Å². The lowest BCUT2D eigenvalue weighted by Gasteiger charge is -2.15. The van der Waals surface area contributed by atoms with E-state index in [9.17, 15) is 0 Å². The number of fused-ring (bicyclic) bond motifs is 7. The molecule has 12 rings (SSSR count). The predicted molar refractivity (Wildman–Crippen MR) is 262 cm³/mol. The largest absolute Gasteiger partial charge is 0.309 e. The van der Waals surface area contributed by atoms with Crippen molar-refractivity contribution >= 4 is 43.6 Å². The van der Waals surface area contributed by atoms with Crippen molar-refractivity contribution in [3.8, 4) is 67.0 Å². The maximum absolute atomic E-state index is 2.49. The molecule has 0 saturated carbocycles. The first kappa shape index (κ1) is 35.7. The molecule has 0 aliphatic rings. The fourth-order valence-corrected chi connectivity index (χ4v) is 9.60. The molecule has 0 aliphatic heterocycles. The van der Waals surface area contributed by atoms with Crippen LogP contribution < -0.4 is 0 Å². The molecular weight excluding hydrogens is 749 g/mol. The van der Waals surface area contributed by atoms with Crippen LogP contribution in [0.2, 0.25) is 0 Å². The lowest BCUT2D eigenvalue weighted by molar-refractivity contribution is 1.17. The molecule has 0 atom stereocenters. The minimum Gasteiger partial charge on any atom is -0.309 e. The normalized spacial score (nSPS) is 11.5. The Morgan fingerprint density at radius 2 is 0.532 bits per heavy atom. The van der Waals surface area contributed by atoms with Gasteiger partial charge in [-0.25, -0.2) is 0 Å². The number of nitrogens with zero attached hydrogens (tertiary/aromatic N) is 2. The van der Waals surface area contributed by atoms with Gasteiger partial charge in [0.25, 0.3) is 0 Å². The van der Waals surface area contributed by atoms with Crippen molar-refractivity contribution in [2.45, 2.75) is 0 Å². The van der Waals surface area contributed by atoms with Crippen molar-refractivity contribution in [1.29, 1.82) is 0 Å². The molecule has 0 aliphatic carbocycles. The molecule has 2 aromatic heterocycles. The summed E-state index contributed by atoms with van der Waals surface area (Å²) in [7, 11) is 0. The van der Waals surface area contributed by atoms with E-state index in [-0.39, 0.29) is 0 Å². The third-order valence-electron chi connectivity index (χ3n) is 12.5. The minimum absolute atomic E-state index is 1.12. The second-order valence-electron chi connectivity index (χ2n) is 16.1. The van der Waals surface area contributed by atoms with Gasteiger partial charge >= 0.3 is 0 Å². The predicted octanol–water partition coefficient (Wildman–Crippen LogP) is 16.2. The molecule has 0 amide bonds. The van der Waals surface area contributed by atoms with Crippen molar-refractivity contribution in [1.82, 2.24) is 9.13 Å². The molecule has 0 radical (unpaired) electrons. The monoisotopic (exact) mass is 788 g/mol. The number of hydrogen-bond acceptors (Lipinski definition) is 0. The Labute approximate surface area is 360 Å². The van der Waals surface area contributed by atoms with Gasteiger partial charge in [0.15, 0.2) is 0 Å². The molecule has 0 unspecified atom stereocenters. The van der Waals surface area contributed by atoms with Gasteiger partial charge in [0, 0.05) is 32.9 Å². The average Bonchev–Trinajstić information content (AvgIpc) is 3.88. The van der Waals surface area contributed by atoms with E-state index in [1.165, 1.54) is 93.7 Å². The second kappa shape index (κ2) is 14.8. The van der Waals surface area contributed by atoms with Crippen LogP contribution in [0.25, 0.3) is 111 Å². The molecule has 0 fully saturated rings. The fraction of sp³-hybridized carbons (Fsp3) is 0. The molecule has 0 saturated heterocycles. The first-order valence-corrected chi connectivity index (χ1v) is 21.3. The molecule has 2 nitrogen and oxygen atoms in total. The first-order chi connectivity index (χ1) is 30.7. The Kier molecular flexibility index (Phi) is 8.53. The van der Waals surface area contributed by atoms with E-state index in [1.807, 2.05) is 0 Å². The highest BCUT2D eigenvalue weighted by Gasteiger charge is 2.21. The van der Waals surface area contributed by atoms with Gasteiger partial charge in [-0.15, -0.1) is 0 Å². The number of aromatic nitrogens is 2. The summed E-state index contributed by atoms with van der Waals surface area (Å²) in [6.45, 7) is 0. The van der Waals surface area contributed by atoms with Crippen molar-refractivity contribution in [3.63, 3.8) is 0 Å². The summed E-state index contributed by atoms with van der Waals surface area (Å²) in [4.78, 5) is 0. The molecule has 62 heavy (non-hydrogen) atoms. The van der Waals surface area contributed by atoms with Gasteiger partial charge in [-0.3, -0.25) is 0 Å². The lowest BCUT2D eigenvalue weighted by atomic mass is 9.93. The standard InChI is InChI=1S/C60H40N2/c1-4-16-41(17-5-1)43-30-32-44(33-31-43)46-21-15-23-48(37-46)50-38-49(47-22-14-20-45(36-47)42-18-6-2-7-19-42)39-52(40-50)62-56-29-13-11-27-54(56)60-58(62)35-34-57-59(60)53-26-10-12-28-55(53)61(57)51-24-8-3-9-25-51/h1-40H. The van der Waals surface area contributed by atoms with Crippen molar-refractivity contribution in [3.05, 3.63) is 243 Å². The Morgan fingerprint density at radius 1 is 0.194 bits per heavy atom. The third-order valence-corrected chi connectivity index (χ3v) is 12.5. The van der Waals surface area contributed by atoms with E-state index >= 15 is 0 Å².